The monoisotopic (exact) mass is 123 g/mol. The molecule has 1 saturated carbocycles. The van der Waals surface area contributed by atoms with Crippen LogP contribution < -0.4 is 0 Å². The van der Waals surface area contributed by atoms with Gasteiger partial charge in [0.1, 0.15) is 5.60 Å². The van der Waals surface area contributed by atoms with Gasteiger partial charge in [0, 0.05) is 0 Å². The van der Waals surface area contributed by atoms with E-state index in [1.165, 1.54) is 19.3 Å². The number of hydrogen-bond donors (Lipinski definition) is 0. The van der Waals surface area contributed by atoms with E-state index in [0.29, 0.717) is 6.10 Å². The van der Waals surface area contributed by atoms with Gasteiger partial charge in [0.25, 0.3) is 0 Å². The number of rotatable bonds is 1. The van der Waals surface area contributed by atoms with Crippen LogP contribution in [0.4, 0.5) is 0 Å². The Labute approximate surface area is 55.7 Å². The predicted octanol–water partition coefficient (Wildman–Crippen LogP) is 1.69. The van der Waals surface area contributed by atoms with Crippen molar-refractivity contribution in [1.82, 2.24) is 0 Å². The fourth-order valence-corrected chi connectivity index (χ4v) is 1.71. The molecule has 2 rings (SSSR count). The Bertz CT molecular complexity index is 142. The van der Waals surface area contributed by atoms with Crippen molar-refractivity contribution in [2.75, 3.05) is 0 Å². The zero-order chi connectivity index (χ0) is 6.32. The molecule has 1 saturated heterocycles. The summed E-state index contributed by atoms with van der Waals surface area (Å²) in [5.41, 5.74) is 0.0399. The second kappa shape index (κ2) is 1.60. The molecule has 0 aromatic rings. The van der Waals surface area contributed by atoms with Crippen molar-refractivity contribution in [3.63, 3.8) is 0 Å². The van der Waals surface area contributed by atoms with Crippen LogP contribution >= 0.6 is 0 Å². The van der Waals surface area contributed by atoms with Gasteiger partial charge in [-0.05, 0) is 12.8 Å². The molecule has 2 aliphatic rings. The van der Waals surface area contributed by atoms with Crippen LogP contribution in [0.2, 0.25) is 0 Å². The first kappa shape index (κ1) is 5.48. The lowest BCUT2D eigenvalue weighted by atomic mass is 9.89. The van der Waals surface area contributed by atoms with Crippen LogP contribution in [0.5, 0.6) is 0 Å². The normalized spacial score (nSPS) is 47.8. The second-order valence-electron chi connectivity index (χ2n) is 2.97. The molecule has 9 heavy (non-hydrogen) atoms. The van der Waals surface area contributed by atoms with Gasteiger partial charge >= 0.3 is 0 Å². The number of hydrogen-bond acceptors (Lipinski definition) is 1. The molecule has 0 aromatic heterocycles. The van der Waals surface area contributed by atoms with Crippen molar-refractivity contribution in [3.05, 3.63) is 12.7 Å². The van der Waals surface area contributed by atoms with E-state index in [1.54, 1.807) is 6.08 Å². The van der Waals surface area contributed by atoms with E-state index in [9.17, 15) is 0 Å². The summed E-state index contributed by atoms with van der Waals surface area (Å²) in [6.07, 6.45) is 7.18. The van der Waals surface area contributed by atoms with Crippen LogP contribution in [-0.4, -0.2) is 11.7 Å². The Kier molecular flexibility index (Phi) is 0.974. The van der Waals surface area contributed by atoms with E-state index < -0.39 is 0 Å². The lowest BCUT2D eigenvalue weighted by molar-refractivity contribution is 0.329. The van der Waals surface area contributed by atoms with Crippen LogP contribution in [0.3, 0.4) is 0 Å². The lowest BCUT2D eigenvalue weighted by Crippen LogP contribution is -2.15. The molecule has 2 atom stereocenters. The van der Waals surface area contributed by atoms with Crippen LogP contribution in [-0.2, 0) is 4.74 Å². The molecule has 1 aliphatic carbocycles. The summed E-state index contributed by atoms with van der Waals surface area (Å²) in [4.78, 5) is 0. The molecule has 0 spiro atoms. The van der Waals surface area contributed by atoms with E-state index in [2.05, 4.69) is 0 Å². The minimum Gasteiger partial charge on any atom is -0.362 e. The highest BCUT2D eigenvalue weighted by atomic mass is 16.6. The maximum absolute atomic E-state index is 5.43. The Hall–Kier alpha value is -0.300. The highest BCUT2D eigenvalue weighted by Gasteiger charge is 2.54. The molecule has 1 heteroatoms. The third kappa shape index (κ3) is 0.645. The van der Waals surface area contributed by atoms with Crippen molar-refractivity contribution < 1.29 is 4.74 Å². The van der Waals surface area contributed by atoms with Gasteiger partial charge in [-0.15, -0.1) is 0 Å². The zero-order valence-corrected chi connectivity index (χ0v) is 5.47. The molecule has 2 fully saturated rings. The smallest absolute Gasteiger partial charge is 0.113 e. The van der Waals surface area contributed by atoms with Crippen molar-refractivity contribution in [3.8, 4) is 0 Å². The van der Waals surface area contributed by atoms with Gasteiger partial charge in [0.2, 0.25) is 0 Å². The van der Waals surface area contributed by atoms with Gasteiger partial charge in [-0.25, -0.2) is 0 Å². The fraction of sp³-hybridized carbons (Fsp3) is 0.750. The third-order valence-corrected chi connectivity index (χ3v) is 2.42. The molecule has 49 valence electrons. The van der Waals surface area contributed by atoms with Gasteiger partial charge in [-0.1, -0.05) is 25.5 Å². The number of ether oxygens (including phenoxy) is 1. The Morgan fingerprint density at radius 3 is 3.00 bits per heavy atom. The molecular weight excluding hydrogens is 112 g/mol. The molecule has 1 radical (unpaired) electrons. The molecule has 0 aromatic carbocycles. The van der Waals surface area contributed by atoms with E-state index >= 15 is 0 Å². The average molecular weight is 123 g/mol. The molecule has 1 nitrogen and oxygen atoms in total. The van der Waals surface area contributed by atoms with E-state index in [4.69, 9.17) is 11.3 Å². The van der Waals surface area contributed by atoms with Crippen LogP contribution in [0.15, 0.2) is 6.08 Å². The van der Waals surface area contributed by atoms with Crippen molar-refractivity contribution >= 4 is 0 Å². The minimum absolute atomic E-state index is 0.0399. The highest BCUT2D eigenvalue weighted by Crippen LogP contribution is 2.48. The quantitative estimate of drug-likeness (QED) is 0.483. The maximum Gasteiger partial charge on any atom is 0.113 e. The summed E-state index contributed by atoms with van der Waals surface area (Å²) in [5.74, 6) is 0. The van der Waals surface area contributed by atoms with Gasteiger partial charge in [-0.3, -0.25) is 0 Å². The zero-order valence-electron chi connectivity index (χ0n) is 5.47. The highest BCUT2D eigenvalue weighted by molar-refractivity contribution is 5.14. The molecule has 0 N–H and O–H groups in total. The summed E-state index contributed by atoms with van der Waals surface area (Å²) in [6.45, 7) is 5.43. The number of epoxide rings is 1. The minimum atomic E-state index is 0.0399. The third-order valence-electron chi connectivity index (χ3n) is 2.42. The maximum atomic E-state index is 5.43. The summed E-state index contributed by atoms with van der Waals surface area (Å²) in [6, 6.07) is 0. The Balaban J connectivity index is 2.09. The average Bonchev–Trinajstić information content (AvgIpc) is 2.62. The van der Waals surface area contributed by atoms with Crippen LogP contribution in [0, 0.1) is 6.58 Å². The molecular formula is C8H11O. The standard InChI is InChI=1S/C8H11O/c1-2-8-6-4-3-5-7(8)9-8/h1-2,7H,3-6H2. The second-order valence-corrected chi connectivity index (χ2v) is 2.97. The molecule has 0 amide bonds. The van der Waals surface area contributed by atoms with Gasteiger partial charge in [0.05, 0.1) is 6.10 Å². The lowest BCUT2D eigenvalue weighted by Gasteiger charge is -2.11. The topological polar surface area (TPSA) is 12.5 Å². The summed E-state index contributed by atoms with van der Waals surface area (Å²) < 4.78 is 5.43. The summed E-state index contributed by atoms with van der Waals surface area (Å²) in [5, 5.41) is 0. The van der Waals surface area contributed by atoms with Crippen molar-refractivity contribution in [2.24, 2.45) is 0 Å². The molecule has 2 unspecified atom stereocenters. The van der Waals surface area contributed by atoms with E-state index in [1.807, 2.05) is 0 Å². The first-order valence-electron chi connectivity index (χ1n) is 3.61. The molecule has 0 bridgehead atoms. The Morgan fingerprint density at radius 2 is 2.44 bits per heavy atom. The van der Waals surface area contributed by atoms with Gasteiger partial charge < -0.3 is 4.74 Å². The Morgan fingerprint density at radius 1 is 1.56 bits per heavy atom. The fourth-order valence-electron chi connectivity index (χ4n) is 1.71. The molecule has 1 aliphatic heterocycles. The first-order valence-corrected chi connectivity index (χ1v) is 3.61. The van der Waals surface area contributed by atoms with E-state index in [-0.39, 0.29) is 5.60 Å². The van der Waals surface area contributed by atoms with Gasteiger partial charge in [0.15, 0.2) is 0 Å². The largest absolute Gasteiger partial charge is 0.362 e. The van der Waals surface area contributed by atoms with E-state index in [0.717, 1.165) is 6.42 Å². The van der Waals surface area contributed by atoms with Crippen molar-refractivity contribution in [1.29, 1.82) is 0 Å². The summed E-state index contributed by atoms with van der Waals surface area (Å²) >= 11 is 0. The van der Waals surface area contributed by atoms with Crippen LogP contribution in [0.1, 0.15) is 25.7 Å². The SMILES string of the molecule is [CH]=CC12CCCCC1O2. The van der Waals surface area contributed by atoms with Crippen LogP contribution in [0.25, 0.3) is 0 Å². The first-order chi connectivity index (χ1) is 4.37. The van der Waals surface area contributed by atoms with Gasteiger partial charge in [-0.2, -0.15) is 0 Å². The van der Waals surface area contributed by atoms with Crippen molar-refractivity contribution in [2.45, 2.75) is 37.4 Å². The predicted molar refractivity (Wildman–Crippen MR) is 34.9 cm³/mol. The number of fused-ring (bicyclic) bond motifs is 1. The summed E-state index contributed by atoms with van der Waals surface area (Å²) in [7, 11) is 0. The molecule has 1 heterocycles.